The first-order chi connectivity index (χ1) is 9.14. The van der Waals surface area contributed by atoms with Crippen LogP contribution in [0.2, 0.25) is 0 Å². The highest BCUT2D eigenvalue weighted by Gasteiger charge is 2.38. The van der Waals surface area contributed by atoms with E-state index in [4.69, 9.17) is 10.5 Å². The van der Waals surface area contributed by atoms with E-state index >= 15 is 0 Å². The predicted molar refractivity (Wildman–Crippen MR) is 74.5 cm³/mol. The number of methoxy groups -OCH3 is 1. The van der Waals surface area contributed by atoms with Gasteiger partial charge in [-0.05, 0) is 31.2 Å². The summed E-state index contributed by atoms with van der Waals surface area (Å²) in [6.45, 7) is 0.862. The molecule has 1 aromatic rings. The molecule has 104 valence electrons. The number of benzene rings is 1. The third-order valence-corrected chi connectivity index (χ3v) is 3.91. The fourth-order valence-corrected chi connectivity index (χ4v) is 2.60. The SMILES string of the molecule is COC(=O)C1(N)CCC(NCc2ccccc2)CC1. The standard InChI is InChI=1S/C15H22N2O2/c1-19-14(18)15(16)9-7-13(8-10-15)17-11-12-5-3-2-4-6-12/h2-6,13,17H,7-11,16H2,1H3. The number of hydrogen-bond donors (Lipinski definition) is 2. The molecule has 0 saturated heterocycles. The number of hydrogen-bond acceptors (Lipinski definition) is 4. The van der Waals surface area contributed by atoms with E-state index in [1.165, 1.54) is 12.7 Å². The molecular formula is C15H22N2O2. The van der Waals surface area contributed by atoms with Gasteiger partial charge < -0.3 is 15.8 Å². The molecule has 0 heterocycles. The summed E-state index contributed by atoms with van der Waals surface area (Å²) in [6, 6.07) is 10.7. The van der Waals surface area contributed by atoms with E-state index in [-0.39, 0.29) is 5.97 Å². The van der Waals surface area contributed by atoms with Gasteiger partial charge >= 0.3 is 5.97 Å². The van der Waals surface area contributed by atoms with Crippen LogP contribution in [-0.4, -0.2) is 24.7 Å². The molecule has 1 aromatic carbocycles. The van der Waals surface area contributed by atoms with Gasteiger partial charge in [0.2, 0.25) is 0 Å². The van der Waals surface area contributed by atoms with E-state index in [1.807, 2.05) is 18.2 Å². The minimum atomic E-state index is -0.778. The van der Waals surface area contributed by atoms with Gasteiger partial charge in [0.1, 0.15) is 5.54 Å². The van der Waals surface area contributed by atoms with Crippen LogP contribution in [0.25, 0.3) is 0 Å². The van der Waals surface area contributed by atoms with Crippen LogP contribution in [0.1, 0.15) is 31.2 Å². The molecule has 1 fully saturated rings. The predicted octanol–water partition coefficient (Wildman–Crippen LogP) is 1.59. The Kier molecular flexibility index (Phi) is 4.56. The maximum atomic E-state index is 11.6. The first-order valence-electron chi connectivity index (χ1n) is 6.79. The molecule has 0 spiro atoms. The highest BCUT2D eigenvalue weighted by molar-refractivity contribution is 5.80. The van der Waals surface area contributed by atoms with Crippen LogP contribution >= 0.6 is 0 Å². The first-order valence-corrected chi connectivity index (χ1v) is 6.79. The second-order valence-corrected chi connectivity index (χ2v) is 5.29. The molecule has 3 N–H and O–H groups in total. The Labute approximate surface area is 114 Å². The van der Waals surface area contributed by atoms with E-state index < -0.39 is 5.54 Å². The minimum Gasteiger partial charge on any atom is -0.468 e. The van der Waals surface area contributed by atoms with E-state index in [0.717, 1.165) is 19.4 Å². The second kappa shape index (κ2) is 6.17. The van der Waals surface area contributed by atoms with E-state index in [1.54, 1.807) is 0 Å². The Morgan fingerprint density at radius 3 is 2.58 bits per heavy atom. The Morgan fingerprint density at radius 1 is 1.37 bits per heavy atom. The van der Waals surface area contributed by atoms with Gasteiger partial charge in [0.15, 0.2) is 0 Å². The molecule has 1 aliphatic carbocycles. The van der Waals surface area contributed by atoms with Gasteiger partial charge in [-0.15, -0.1) is 0 Å². The molecule has 1 saturated carbocycles. The third kappa shape index (κ3) is 3.55. The molecule has 0 radical (unpaired) electrons. The summed E-state index contributed by atoms with van der Waals surface area (Å²) in [5, 5.41) is 3.52. The Hall–Kier alpha value is -1.39. The van der Waals surface area contributed by atoms with Gasteiger partial charge in [0.25, 0.3) is 0 Å². The maximum absolute atomic E-state index is 11.6. The Morgan fingerprint density at radius 2 is 2.00 bits per heavy atom. The molecule has 0 aromatic heterocycles. The van der Waals surface area contributed by atoms with Crippen molar-refractivity contribution in [1.29, 1.82) is 0 Å². The summed E-state index contributed by atoms with van der Waals surface area (Å²) in [6.07, 6.45) is 3.20. The molecular weight excluding hydrogens is 240 g/mol. The molecule has 2 rings (SSSR count). The lowest BCUT2D eigenvalue weighted by atomic mass is 9.80. The second-order valence-electron chi connectivity index (χ2n) is 5.29. The molecule has 4 heteroatoms. The topological polar surface area (TPSA) is 64.3 Å². The summed E-state index contributed by atoms with van der Waals surface area (Å²) in [7, 11) is 1.40. The van der Waals surface area contributed by atoms with E-state index in [2.05, 4.69) is 17.4 Å². The average Bonchev–Trinajstić information content (AvgIpc) is 2.47. The summed E-state index contributed by atoms with van der Waals surface area (Å²) in [4.78, 5) is 11.6. The summed E-state index contributed by atoms with van der Waals surface area (Å²) < 4.78 is 4.77. The van der Waals surface area contributed by atoms with Crippen molar-refractivity contribution in [1.82, 2.24) is 5.32 Å². The van der Waals surface area contributed by atoms with Gasteiger partial charge in [-0.1, -0.05) is 30.3 Å². The van der Waals surface area contributed by atoms with Crippen LogP contribution in [0.3, 0.4) is 0 Å². The summed E-state index contributed by atoms with van der Waals surface area (Å²) in [5.41, 5.74) is 6.58. The molecule has 1 aliphatic rings. The first kappa shape index (κ1) is 14.0. The number of ether oxygens (including phenoxy) is 1. The highest BCUT2D eigenvalue weighted by atomic mass is 16.5. The van der Waals surface area contributed by atoms with Crippen LogP contribution in [0, 0.1) is 0 Å². The third-order valence-electron chi connectivity index (χ3n) is 3.91. The van der Waals surface area contributed by atoms with E-state index in [9.17, 15) is 4.79 Å². The van der Waals surface area contributed by atoms with Crippen molar-refractivity contribution in [2.24, 2.45) is 5.73 Å². The smallest absolute Gasteiger partial charge is 0.325 e. The zero-order valence-electron chi connectivity index (χ0n) is 11.4. The monoisotopic (exact) mass is 262 g/mol. The van der Waals surface area contributed by atoms with Crippen LogP contribution in [0.5, 0.6) is 0 Å². The molecule has 4 nitrogen and oxygen atoms in total. The molecule has 0 bridgehead atoms. The normalized spacial score (nSPS) is 26.9. The van der Waals surface area contributed by atoms with Crippen LogP contribution < -0.4 is 11.1 Å². The number of nitrogens with two attached hydrogens (primary N) is 1. The van der Waals surface area contributed by atoms with Gasteiger partial charge in [-0.25, -0.2) is 0 Å². The Bertz CT molecular complexity index is 411. The largest absolute Gasteiger partial charge is 0.468 e. The fraction of sp³-hybridized carbons (Fsp3) is 0.533. The average molecular weight is 262 g/mol. The fourth-order valence-electron chi connectivity index (χ4n) is 2.60. The van der Waals surface area contributed by atoms with E-state index in [0.29, 0.717) is 18.9 Å². The quantitative estimate of drug-likeness (QED) is 0.809. The number of carbonyl (C=O) groups is 1. The molecule has 0 atom stereocenters. The van der Waals surface area contributed by atoms with Crippen LogP contribution in [0.15, 0.2) is 30.3 Å². The van der Waals surface area contributed by atoms with Gasteiger partial charge in [-0.2, -0.15) is 0 Å². The molecule has 19 heavy (non-hydrogen) atoms. The van der Waals surface area contributed by atoms with Gasteiger partial charge in [0.05, 0.1) is 7.11 Å². The molecule has 0 amide bonds. The lowest BCUT2D eigenvalue weighted by Crippen LogP contribution is -2.53. The van der Waals surface area contributed by atoms with Gasteiger partial charge in [0, 0.05) is 12.6 Å². The summed E-state index contributed by atoms with van der Waals surface area (Å²) >= 11 is 0. The van der Waals surface area contributed by atoms with Crippen molar-refractivity contribution in [3.63, 3.8) is 0 Å². The maximum Gasteiger partial charge on any atom is 0.325 e. The van der Waals surface area contributed by atoms with Gasteiger partial charge in [-0.3, -0.25) is 4.79 Å². The van der Waals surface area contributed by atoms with Crippen molar-refractivity contribution >= 4 is 5.97 Å². The van der Waals surface area contributed by atoms with Crippen molar-refractivity contribution < 1.29 is 9.53 Å². The summed E-state index contributed by atoms with van der Waals surface area (Å²) in [5.74, 6) is -0.283. The number of nitrogens with one attached hydrogen (secondary N) is 1. The number of esters is 1. The lowest BCUT2D eigenvalue weighted by molar-refractivity contribution is -0.148. The van der Waals surface area contributed by atoms with Crippen molar-refractivity contribution in [2.45, 2.75) is 43.8 Å². The Balaban J connectivity index is 1.79. The zero-order chi connectivity index (χ0) is 13.7. The highest BCUT2D eigenvalue weighted by Crippen LogP contribution is 2.27. The van der Waals surface area contributed by atoms with Crippen LogP contribution in [-0.2, 0) is 16.1 Å². The van der Waals surface area contributed by atoms with Crippen LogP contribution in [0.4, 0.5) is 0 Å². The lowest BCUT2D eigenvalue weighted by Gasteiger charge is -2.35. The molecule has 0 aliphatic heterocycles. The van der Waals surface area contributed by atoms with Crippen molar-refractivity contribution in [2.75, 3.05) is 7.11 Å². The number of carbonyl (C=O) groups excluding carboxylic acids is 1. The minimum absolute atomic E-state index is 0.283. The van der Waals surface area contributed by atoms with Crippen molar-refractivity contribution in [3.05, 3.63) is 35.9 Å². The molecule has 0 unspecified atom stereocenters. The van der Waals surface area contributed by atoms with Crippen molar-refractivity contribution in [3.8, 4) is 0 Å². The number of rotatable bonds is 4. The zero-order valence-corrected chi connectivity index (χ0v) is 11.4.